The summed E-state index contributed by atoms with van der Waals surface area (Å²) in [6.45, 7) is 3.38. The van der Waals surface area contributed by atoms with Gasteiger partial charge in [0.2, 0.25) is 0 Å². The number of rotatable bonds is 3. The van der Waals surface area contributed by atoms with Crippen LogP contribution in [0.25, 0.3) is 0 Å². The van der Waals surface area contributed by atoms with Crippen LogP contribution < -0.4 is 10.5 Å². The molecule has 0 bridgehead atoms. The fraction of sp³-hybridized carbons (Fsp3) is 0.500. The molecule has 0 radical (unpaired) electrons. The highest BCUT2D eigenvalue weighted by atomic mass is 35.5. The lowest BCUT2D eigenvalue weighted by Crippen LogP contribution is -2.43. The van der Waals surface area contributed by atoms with Crippen LogP contribution in [-0.2, 0) is 4.79 Å². The molecule has 0 spiro atoms. The van der Waals surface area contributed by atoms with Crippen molar-refractivity contribution in [1.29, 1.82) is 0 Å². The Morgan fingerprint density at radius 2 is 2.05 bits per heavy atom. The normalized spacial score (nSPS) is 17.1. The lowest BCUT2D eigenvalue weighted by molar-refractivity contribution is -0.138. The van der Waals surface area contributed by atoms with Gasteiger partial charge in [-0.3, -0.25) is 4.79 Å². The molecule has 2 N–H and O–H groups in total. The Balaban J connectivity index is 2.01. The maximum atomic E-state index is 12.2. The number of carbonyl (C=O) groups excluding carboxylic acids is 1. The molecule has 5 heteroatoms. The number of nitrogens with two attached hydrogens (primary N) is 1. The van der Waals surface area contributed by atoms with Gasteiger partial charge in [-0.05, 0) is 38.3 Å². The minimum absolute atomic E-state index is 0.0130. The van der Waals surface area contributed by atoms with Gasteiger partial charge in [0.1, 0.15) is 5.75 Å². The highest BCUT2D eigenvalue weighted by molar-refractivity contribution is 6.30. The quantitative estimate of drug-likeness (QED) is 0.867. The van der Waals surface area contributed by atoms with Gasteiger partial charge in [-0.15, -0.1) is 0 Å². The Hall–Kier alpha value is -1.42. The van der Waals surface area contributed by atoms with Gasteiger partial charge in [-0.25, -0.2) is 0 Å². The third-order valence-electron chi connectivity index (χ3n) is 3.29. The Morgan fingerprint density at radius 3 is 2.74 bits per heavy atom. The molecule has 1 atom stereocenters. The van der Waals surface area contributed by atoms with E-state index in [-0.39, 0.29) is 5.91 Å². The molecule has 1 amide bonds. The second-order valence-corrected chi connectivity index (χ2v) is 5.26. The molecule has 2 rings (SSSR count). The van der Waals surface area contributed by atoms with Crippen LogP contribution in [-0.4, -0.2) is 30.0 Å². The first kappa shape index (κ1) is 14.0. The third-order valence-corrected chi connectivity index (χ3v) is 3.53. The summed E-state index contributed by atoms with van der Waals surface area (Å²) < 4.78 is 5.64. The van der Waals surface area contributed by atoms with Crippen molar-refractivity contribution in [2.45, 2.75) is 32.3 Å². The number of carbonyl (C=O) groups is 1. The molecule has 1 saturated heterocycles. The third kappa shape index (κ3) is 3.53. The fourth-order valence-corrected chi connectivity index (χ4v) is 2.38. The summed E-state index contributed by atoms with van der Waals surface area (Å²) in [5.41, 5.74) is 6.30. The molecule has 19 heavy (non-hydrogen) atoms. The van der Waals surface area contributed by atoms with Crippen molar-refractivity contribution >= 4 is 23.2 Å². The summed E-state index contributed by atoms with van der Waals surface area (Å²) in [6, 6.07) is 5.01. The highest BCUT2D eigenvalue weighted by Gasteiger charge is 2.23. The highest BCUT2D eigenvalue weighted by Crippen LogP contribution is 2.26. The Kier molecular flexibility index (Phi) is 4.53. The van der Waals surface area contributed by atoms with Gasteiger partial charge in [0.15, 0.2) is 6.10 Å². The molecule has 1 aromatic rings. The monoisotopic (exact) mass is 282 g/mol. The molecule has 1 heterocycles. The number of likely N-dealkylation sites (tertiary alicyclic amines) is 1. The largest absolute Gasteiger partial charge is 0.479 e. The summed E-state index contributed by atoms with van der Waals surface area (Å²) in [7, 11) is 0. The standard InChI is InChI=1S/C14H19ClN2O2/c1-10(14(18)17-7-3-2-4-8-17)19-13-9-11(15)5-6-12(13)16/h5-6,9-10H,2-4,7-8,16H2,1H3. The van der Waals surface area contributed by atoms with Crippen LogP contribution >= 0.6 is 11.6 Å². The number of hydrogen-bond acceptors (Lipinski definition) is 3. The van der Waals surface area contributed by atoms with Crippen LogP contribution in [0.3, 0.4) is 0 Å². The Bertz CT molecular complexity index is 459. The van der Waals surface area contributed by atoms with Crippen molar-refractivity contribution in [2.24, 2.45) is 0 Å². The van der Waals surface area contributed by atoms with E-state index in [4.69, 9.17) is 22.1 Å². The number of amides is 1. The van der Waals surface area contributed by atoms with E-state index in [0.717, 1.165) is 25.9 Å². The molecule has 104 valence electrons. The topological polar surface area (TPSA) is 55.6 Å². The van der Waals surface area contributed by atoms with Crippen molar-refractivity contribution in [2.75, 3.05) is 18.8 Å². The van der Waals surface area contributed by atoms with Crippen LogP contribution in [0.4, 0.5) is 5.69 Å². The van der Waals surface area contributed by atoms with Crippen molar-refractivity contribution in [3.8, 4) is 5.75 Å². The van der Waals surface area contributed by atoms with E-state index in [1.165, 1.54) is 6.42 Å². The van der Waals surface area contributed by atoms with Crippen LogP contribution in [0.5, 0.6) is 5.75 Å². The molecular formula is C14H19ClN2O2. The Morgan fingerprint density at radius 1 is 1.37 bits per heavy atom. The molecule has 4 nitrogen and oxygen atoms in total. The molecule has 1 unspecified atom stereocenters. The van der Waals surface area contributed by atoms with Gasteiger partial charge >= 0.3 is 0 Å². The van der Waals surface area contributed by atoms with E-state index < -0.39 is 6.10 Å². The molecule has 0 saturated carbocycles. The van der Waals surface area contributed by atoms with Gasteiger partial charge < -0.3 is 15.4 Å². The average molecular weight is 283 g/mol. The van der Waals surface area contributed by atoms with E-state index in [2.05, 4.69) is 0 Å². The maximum absolute atomic E-state index is 12.2. The summed E-state index contributed by atoms with van der Waals surface area (Å²) in [6.07, 6.45) is 2.79. The summed E-state index contributed by atoms with van der Waals surface area (Å²) in [5.74, 6) is 0.476. The molecule has 1 aliphatic rings. The van der Waals surface area contributed by atoms with E-state index in [9.17, 15) is 4.79 Å². The number of anilines is 1. The number of halogens is 1. The minimum atomic E-state index is -0.543. The molecule has 1 aromatic carbocycles. The summed E-state index contributed by atoms with van der Waals surface area (Å²) >= 11 is 5.90. The van der Waals surface area contributed by atoms with Crippen molar-refractivity contribution < 1.29 is 9.53 Å². The van der Waals surface area contributed by atoms with Gasteiger partial charge in [0, 0.05) is 24.2 Å². The van der Waals surface area contributed by atoms with Crippen LogP contribution in [0.2, 0.25) is 5.02 Å². The smallest absolute Gasteiger partial charge is 0.263 e. The summed E-state index contributed by atoms with van der Waals surface area (Å²) in [4.78, 5) is 14.1. The van der Waals surface area contributed by atoms with Crippen LogP contribution in [0, 0.1) is 0 Å². The molecule has 1 aliphatic heterocycles. The Labute approximate surface area is 118 Å². The molecule has 1 fully saturated rings. The molecule has 0 aliphatic carbocycles. The van der Waals surface area contributed by atoms with E-state index in [0.29, 0.717) is 16.5 Å². The number of piperidine rings is 1. The minimum Gasteiger partial charge on any atom is -0.479 e. The number of benzene rings is 1. The van der Waals surface area contributed by atoms with Crippen molar-refractivity contribution in [3.63, 3.8) is 0 Å². The first-order chi connectivity index (χ1) is 9.08. The lowest BCUT2D eigenvalue weighted by Gasteiger charge is -2.29. The first-order valence-corrected chi connectivity index (χ1v) is 6.96. The molecular weight excluding hydrogens is 264 g/mol. The predicted molar refractivity (Wildman–Crippen MR) is 76.4 cm³/mol. The predicted octanol–water partition coefficient (Wildman–Crippen LogP) is 2.70. The van der Waals surface area contributed by atoms with E-state index in [1.54, 1.807) is 25.1 Å². The number of nitrogens with zero attached hydrogens (tertiary/aromatic N) is 1. The number of ether oxygens (including phenoxy) is 1. The van der Waals surface area contributed by atoms with E-state index in [1.807, 2.05) is 4.90 Å². The fourth-order valence-electron chi connectivity index (χ4n) is 2.22. The van der Waals surface area contributed by atoms with Crippen LogP contribution in [0.15, 0.2) is 18.2 Å². The van der Waals surface area contributed by atoms with Gasteiger partial charge in [0.25, 0.3) is 5.91 Å². The van der Waals surface area contributed by atoms with E-state index >= 15 is 0 Å². The van der Waals surface area contributed by atoms with Gasteiger partial charge in [-0.1, -0.05) is 11.6 Å². The number of hydrogen-bond donors (Lipinski definition) is 1. The SMILES string of the molecule is CC(Oc1cc(Cl)ccc1N)C(=O)N1CCCCC1. The van der Waals surface area contributed by atoms with Crippen LogP contribution in [0.1, 0.15) is 26.2 Å². The lowest BCUT2D eigenvalue weighted by atomic mass is 10.1. The second kappa shape index (κ2) is 6.15. The zero-order valence-corrected chi connectivity index (χ0v) is 11.8. The zero-order valence-electron chi connectivity index (χ0n) is 11.1. The maximum Gasteiger partial charge on any atom is 0.263 e. The molecule has 0 aromatic heterocycles. The zero-order chi connectivity index (χ0) is 13.8. The number of nitrogen functional groups attached to an aromatic ring is 1. The first-order valence-electron chi connectivity index (χ1n) is 6.58. The van der Waals surface area contributed by atoms with Crippen molar-refractivity contribution in [3.05, 3.63) is 23.2 Å². The average Bonchev–Trinajstić information content (AvgIpc) is 2.43. The van der Waals surface area contributed by atoms with Gasteiger partial charge in [0.05, 0.1) is 5.69 Å². The second-order valence-electron chi connectivity index (χ2n) is 4.83. The van der Waals surface area contributed by atoms with Gasteiger partial charge in [-0.2, -0.15) is 0 Å². The summed E-state index contributed by atoms with van der Waals surface area (Å²) in [5, 5.41) is 0.543. The van der Waals surface area contributed by atoms with Crippen molar-refractivity contribution in [1.82, 2.24) is 4.90 Å².